The fourth-order valence-electron chi connectivity index (χ4n) is 2.02. The summed E-state index contributed by atoms with van der Waals surface area (Å²) in [6.45, 7) is 3.69. The van der Waals surface area contributed by atoms with E-state index < -0.39 is 17.2 Å². The van der Waals surface area contributed by atoms with E-state index in [1.165, 1.54) is 6.07 Å². The van der Waals surface area contributed by atoms with E-state index in [9.17, 15) is 13.9 Å². The summed E-state index contributed by atoms with van der Waals surface area (Å²) in [4.78, 5) is 2.01. The standard InChI is InChI=1S/C12H15F2NO/c1-2-12(16)7-15(8-12)6-9-3-4-10(13)11(14)5-9/h3-5,16H,2,6-8H2,1H3. The van der Waals surface area contributed by atoms with Crippen LogP contribution in [0.5, 0.6) is 0 Å². The van der Waals surface area contributed by atoms with Gasteiger partial charge in [0, 0.05) is 19.6 Å². The minimum absolute atomic E-state index is 0.555. The summed E-state index contributed by atoms with van der Waals surface area (Å²) in [5.41, 5.74) is 0.149. The number of aliphatic hydroxyl groups is 1. The van der Waals surface area contributed by atoms with Crippen molar-refractivity contribution in [2.75, 3.05) is 13.1 Å². The molecule has 0 spiro atoms. The molecule has 0 saturated carbocycles. The summed E-state index contributed by atoms with van der Waals surface area (Å²) in [5, 5.41) is 9.79. The van der Waals surface area contributed by atoms with Crippen molar-refractivity contribution in [3.05, 3.63) is 35.4 Å². The smallest absolute Gasteiger partial charge is 0.159 e. The molecule has 1 aromatic rings. The lowest BCUT2D eigenvalue weighted by Crippen LogP contribution is -2.60. The number of nitrogens with zero attached hydrogens (tertiary/aromatic N) is 1. The Kier molecular flexibility index (Phi) is 2.95. The summed E-state index contributed by atoms with van der Waals surface area (Å²) in [7, 11) is 0. The summed E-state index contributed by atoms with van der Waals surface area (Å²) in [6, 6.07) is 3.91. The molecule has 0 amide bonds. The third kappa shape index (κ3) is 2.23. The summed E-state index contributed by atoms with van der Waals surface area (Å²) in [6.07, 6.45) is 0.723. The van der Waals surface area contributed by atoms with Crippen molar-refractivity contribution in [1.29, 1.82) is 0 Å². The second kappa shape index (κ2) is 4.11. The molecule has 2 nitrogen and oxygen atoms in total. The minimum atomic E-state index is -0.822. The lowest BCUT2D eigenvalue weighted by atomic mass is 9.91. The highest BCUT2D eigenvalue weighted by Crippen LogP contribution is 2.25. The molecule has 1 fully saturated rings. The fourth-order valence-corrected chi connectivity index (χ4v) is 2.02. The van der Waals surface area contributed by atoms with Gasteiger partial charge in [-0.15, -0.1) is 0 Å². The van der Waals surface area contributed by atoms with Gasteiger partial charge in [0.1, 0.15) is 0 Å². The number of hydrogen-bond acceptors (Lipinski definition) is 2. The van der Waals surface area contributed by atoms with Crippen LogP contribution in [0.2, 0.25) is 0 Å². The van der Waals surface area contributed by atoms with Gasteiger partial charge in [-0.3, -0.25) is 4.90 Å². The molecular weight excluding hydrogens is 212 g/mol. The van der Waals surface area contributed by atoms with Crippen LogP contribution in [0.25, 0.3) is 0 Å². The fraction of sp³-hybridized carbons (Fsp3) is 0.500. The number of likely N-dealkylation sites (tertiary alicyclic amines) is 1. The highest BCUT2D eigenvalue weighted by Gasteiger charge is 2.38. The molecule has 1 N–H and O–H groups in total. The van der Waals surface area contributed by atoms with Gasteiger partial charge in [-0.25, -0.2) is 8.78 Å². The molecule has 16 heavy (non-hydrogen) atoms. The van der Waals surface area contributed by atoms with Crippen molar-refractivity contribution >= 4 is 0 Å². The van der Waals surface area contributed by atoms with Gasteiger partial charge in [0.2, 0.25) is 0 Å². The topological polar surface area (TPSA) is 23.5 Å². The first-order valence-electron chi connectivity index (χ1n) is 5.41. The molecule has 0 aromatic heterocycles. The molecule has 0 bridgehead atoms. The van der Waals surface area contributed by atoms with Gasteiger partial charge in [-0.1, -0.05) is 13.0 Å². The zero-order valence-corrected chi connectivity index (χ0v) is 9.21. The molecule has 1 aromatic carbocycles. The van der Waals surface area contributed by atoms with Gasteiger partial charge >= 0.3 is 0 Å². The Hall–Kier alpha value is -1.00. The first-order chi connectivity index (χ1) is 7.52. The van der Waals surface area contributed by atoms with Crippen LogP contribution < -0.4 is 0 Å². The normalized spacial score (nSPS) is 19.5. The minimum Gasteiger partial charge on any atom is -0.387 e. The molecule has 0 radical (unpaired) electrons. The number of halogens is 2. The summed E-state index contributed by atoms with van der Waals surface area (Å²) >= 11 is 0. The largest absolute Gasteiger partial charge is 0.387 e. The van der Waals surface area contributed by atoms with Gasteiger partial charge in [0.05, 0.1) is 5.60 Å². The first kappa shape index (κ1) is 11.5. The Morgan fingerprint density at radius 2 is 2.00 bits per heavy atom. The van der Waals surface area contributed by atoms with Gasteiger partial charge in [-0.2, -0.15) is 0 Å². The quantitative estimate of drug-likeness (QED) is 0.852. The van der Waals surface area contributed by atoms with E-state index in [-0.39, 0.29) is 0 Å². The third-order valence-corrected chi connectivity index (χ3v) is 3.08. The van der Waals surface area contributed by atoms with E-state index in [4.69, 9.17) is 0 Å². The number of rotatable bonds is 3. The Morgan fingerprint density at radius 1 is 1.31 bits per heavy atom. The van der Waals surface area contributed by atoms with Gasteiger partial charge in [0.15, 0.2) is 11.6 Å². The highest BCUT2D eigenvalue weighted by atomic mass is 19.2. The predicted octanol–water partition coefficient (Wildman–Crippen LogP) is 1.92. The van der Waals surface area contributed by atoms with Crippen molar-refractivity contribution in [1.82, 2.24) is 4.90 Å². The maximum absolute atomic E-state index is 12.9. The average Bonchev–Trinajstić information content (AvgIpc) is 2.21. The van der Waals surface area contributed by atoms with Crippen LogP contribution in [0.3, 0.4) is 0 Å². The van der Waals surface area contributed by atoms with E-state index in [1.54, 1.807) is 6.07 Å². The second-order valence-electron chi connectivity index (χ2n) is 4.47. The average molecular weight is 227 g/mol. The zero-order valence-electron chi connectivity index (χ0n) is 9.21. The summed E-state index contributed by atoms with van der Waals surface area (Å²) in [5.74, 6) is -1.64. The third-order valence-electron chi connectivity index (χ3n) is 3.08. The van der Waals surface area contributed by atoms with Gasteiger partial charge in [-0.05, 0) is 24.1 Å². The van der Waals surface area contributed by atoms with E-state index in [0.29, 0.717) is 19.6 Å². The molecular formula is C12H15F2NO. The molecule has 0 aliphatic carbocycles. The lowest BCUT2D eigenvalue weighted by Gasteiger charge is -2.46. The lowest BCUT2D eigenvalue weighted by molar-refractivity contribution is -0.103. The maximum Gasteiger partial charge on any atom is 0.159 e. The van der Waals surface area contributed by atoms with Crippen molar-refractivity contribution in [2.24, 2.45) is 0 Å². The summed E-state index contributed by atoms with van der Waals surface area (Å²) < 4.78 is 25.6. The molecule has 2 rings (SSSR count). The molecule has 0 atom stereocenters. The van der Waals surface area contributed by atoms with Crippen LogP contribution in [-0.4, -0.2) is 28.7 Å². The monoisotopic (exact) mass is 227 g/mol. The van der Waals surface area contributed by atoms with Gasteiger partial charge < -0.3 is 5.11 Å². The Bertz CT molecular complexity index is 389. The van der Waals surface area contributed by atoms with Crippen molar-refractivity contribution < 1.29 is 13.9 Å². The second-order valence-corrected chi connectivity index (χ2v) is 4.47. The Labute approximate surface area is 93.5 Å². The molecule has 88 valence electrons. The van der Waals surface area contributed by atoms with E-state index in [2.05, 4.69) is 0 Å². The van der Waals surface area contributed by atoms with Crippen LogP contribution in [0.4, 0.5) is 8.78 Å². The molecule has 4 heteroatoms. The molecule has 1 heterocycles. The van der Waals surface area contributed by atoms with Crippen LogP contribution in [0.1, 0.15) is 18.9 Å². The SMILES string of the molecule is CCC1(O)CN(Cc2ccc(F)c(F)c2)C1. The van der Waals surface area contributed by atoms with E-state index in [1.807, 2.05) is 11.8 Å². The van der Waals surface area contributed by atoms with Crippen molar-refractivity contribution in [2.45, 2.75) is 25.5 Å². The maximum atomic E-state index is 12.9. The highest BCUT2D eigenvalue weighted by molar-refractivity contribution is 5.18. The van der Waals surface area contributed by atoms with Crippen molar-refractivity contribution in [3.8, 4) is 0 Å². The zero-order chi connectivity index (χ0) is 11.8. The van der Waals surface area contributed by atoms with E-state index in [0.717, 1.165) is 18.1 Å². The van der Waals surface area contributed by atoms with Crippen molar-refractivity contribution in [3.63, 3.8) is 0 Å². The van der Waals surface area contributed by atoms with Gasteiger partial charge in [0.25, 0.3) is 0 Å². The number of benzene rings is 1. The number of hydrogen-bond donors (Lipinski definition) is 1. The molecule has 1 saturated heterocycles. The molecule has 0 unspecified atom stereocenters. The van der Waals surface area contributed by atoms with Crippen LogP contribution >= 0.6 is 0 Å². The predicted molar refractivity (Wildman–Crippen MR) is 56.9 cm³/mol. The Morgan fingerprint density at radius 3 is 2.56 bits per heavy atom. The van der Waals surface area contributed by atoms with E-state index >= 15 is 0 Å². The Balaban J connectivity index is 1.94. The molecule has 1 aliphatic rings. The van der Waals surface area contributed by atoms with Crippen LogP contribution in [0.15, 0.2) is 18.2 Å². The van der Waals surface area contributed by atoms with Crippen LogP contribution in [-0.2, 0) is 6.54 Å². The number of β-amino-alcohol motifs (C(OH)–C–C–N with tert-alkyl or cyclic N) is 1. The first-order valence-corrected chi connectivity index (χ1v) is 5.41. The van der Waals surface area contributed by atoms with Crippen LogP contribution in [0, 0.1) is 11.6 Å². The molecule has 1 aliphatic heterocycles.